The van der Waals surface area contributed by atoms with Crippen LogP contribution in [-0.4, -0.2) is 8.32 Å². The summed E-state index contributed by atoms with van der Waals surface area (Å²) in [7, 11) is -1.58. The fraction of sp³-hybridized carbons (Fsp3) is 0.412. The molecule has 1 rings (SSSR count). The molecule has 0 bridgehead atoms. The van der Waals surface area contributed by atoms with Crippen molar-refractivity contribution in [1.82, 2.24) is 0 Å². The summed E-state index contributed by atoms with van der Waals surface area (Å²) < 4.78 is 5.98. The zero-order chi connectivity index (χ0) is 14.5. The van der Waals surface area contributed by atoms with Gasteiger partial charge in [0.1, 0.15) is 0 Å². The number of benzene rings is 1. The Bertz CT molecular complexity index is 483. The maximum atomic E-state index is 5.98. The molecule has 0 aromatic heterocycles. The van der Waals surface area contributed by atoms with Crippen LogP contribution in [0, 0.1) is 17.3 Å². The highest BCUT2D eigenvalue weighted by Crippen LogP contribution is 2.31. The van der Waals surface area contributed by atoms with Gasteiger partial charge in [0, 0.05) is 17.4 Å². The second-order valence-corrected chi connectivity index (χ2v) is 10.8. The first kappa shape index (κ1) is 15.6. The molecule has 19 heavy (non-hydrogen) atoms. The van der Waals surface area contributed by atoms with E-state index in [0.29, 0.717) is 0 Å². The van der Waals surface area contributed by atoms with Crippen LogP contribution in [-0.2, 0) is 4.43 Å². The largest absolute Gasteiger partial charge is 0.547 e. The van der Waals surface area contributed by atoms with Gasteiger partial charge >= 0.3 is 0 Å². The minimum absolute atomic E-state index is 0.109. The summed E-state index contributed by atoms with van der Waals surface area (Å²) in [5.74, 6) is 7.27. The van der Waals surface area contributed by atoms with Gasteiger partial charge in [0.25, 0.3) is 0 Å². The fourth-order valence-corrected chi connectivity index (χ4v) is 2.51. The third-order valence-electron chi connectivity index (χ3n) is 2.72. The van der Waals surface area contributed by atoms with Gasteiger partial charge in [-0.1, -0.05) is 50.5 Å². The Kier molecular flexibility index (Phi) is 5.02. The first-order valence-electron chi connectivity index (χ1n) is 6.63. The highest BCUT2D eigenvalue weighted by molar-refractivity contribution is 6.70. The fourth-order valence-electron chi connectivity index (χ4n) is 1.50. The Hall–Kier alpha value is -1.46. The predicted octanol–water partition coefficient (Wildman–Crippen LogP) is 4.82. The molecule has 0 aliphatic heterocycles. The smallest absolute Gasteiger partial charge is 0.241 e. The van der Waals surface area contributed by atoms with E-state index in [4.69, 9.17) is 4.43 Å². The topological polar surface area (TPSA) is 9.23 Å². The molecule has 1 aromatic rings. The molecular formula is C17H24OSi. The first-order valence-corrected chi connectivity index (χ1v) is 10.0. The van der Waals surface area contributed by atoms with Crippen molar-refractivity contribution in [3.05, 3.63) is 48.2 Å². The third-order valence-corrected chi connectivity index (χ3v) is 3.58. The summed E-state index contributed by atoms with van der Waals surface area (Å²) in [5.41, 5.74) is 0.942. The van der Waals surface area contributed by atoms with Crippen molar-refractivity contribution in [1.29, 1.82) is 0 Å². The molecule has 1 aromatic carbocycles. The molecule has 0 aliphatic rings. The predicted molar refractivity (Wildman–Crippen MR) is 85.3 cm³/mol. The summed E-state index contributed by atoms with van der Waals surface area (Å²) in [6.07, 6.45) is 0.755. The molecular weight excluding hydrogens is 248 g/mol. The minimum atomic E-state index is -1.58. The van der Waals surface area contributed by atoms with Gasteiger partial charge in [-0.15, -0.1) is 0 Å². The van der Waals surface area contributed by atoms with Gasteiger partial charge in [0.15, 0.2) is 0 Å². The van der Waals surface area contributed by atoms with Crippen LogP contribution >= 0.6 is 0 Å². The summed E-state index contributed by atoms with van der Waals surface area (Å²) in [5, 5.41) is 0. The normalized spacial score (nSPS) is 11.4. The Labute approximate surface area is 118 Å². The first-order chi connectivity index (χ1) is 8.71. The summed E-state index contributed by atoms with van der Waals surface area (Å²) in [6, 6.07) is 10.0. The van der Waals surface area contributed by atoms with Crippen LogP contribution in [0.15, 0.2) is 42.7 Å². The van der Waals surface area contributed by atoms with E-state index in [0.717, 1.165) is 17.7 Å². The van der Waals surface area contributed by atoms with Gasteiger partial charge < -0.3 is 4.43 Å². The molecule has 0 N–H and O–H groups in total. The van der Waals surface area contributed by atoms with E-state index in [2.05, 4.69) is 51.9 Å². The summed E-state index contributed by atoms with van der Waals surface area (Å²) >= 11 is 0. The van der Waals surface area contributed by atoms with Crippen molar-refractivity contribution >= 4 is 8.32 Å². The monoisotopic (exact) mass is 272 g/mol. The van der Waals surface area contributed by atoms with Gasteiger partial charge in [-0.3, -0.25) is 0 Å². The number of rotatable bonds is 4. The van der Waals surface area contributed by atoms with Gasteiger partial charge in [0.2, 0.25) is 8.32 Å². The molecule has 0 heterocycles. The highest BCUT2D eigenvalue weighted by Gasteiger charge is 2.27. The quantitative estimate of drug-likeness (QED) is 0.434. The molecule has 102 valence electrons. The average Bonchev–Trinajstić information content (AvgIpc) is 2.28. The average molecular weight is 272 g/mol. The zero-order valence-corrected chi connectivity index (χ0v) is 13.7. The van der Waals surface area contributed by atoms with Crippen molar-refractivity contribution in [2.45, 2.75) is 39.9 Å². The molecule has 1 nitrogen and oxygen atoms in total. The number of allylic oxidation sites excluding steroid dienone is 1. The molecule has 0 radical (unpaired) electrons. The van der Waals surface area contributed by atoms with E-state index in [1.165, 1.54) is 0 Å². The molecule has 0 aliphatic carbocycles. The molecule has 2 heteroatoms. The molecule has 0 saturated heterocycles. The molecule has 0 spiro atoms. The van der Waals surface area contributed by atoms with Crippen molar-refractivity contribution < 1.29 is 4.43 Å². The molecule has 0 fully saturated rings. The van der Waals surface area contributed by atoms with Crippen LogP contribution in [0.4, 0.5) is 0 Å². The Morgan fingerprint density at radius 3 is 2.32 bits per heavy atom. The third kappa shape index (κ3) is 5.80. The maximum absolute atomic E-state index is 5.98. The van der Waals surface area contributed by atoms with Gasteiger partial charge in [0.05, 0.1) is 5.76 Å². The van der Waals surface area contributed by atoms with Crippen LogP contribution in [0.5, 0.6) is 0 Å². The van der Waals surface area contributed by atoms with Crippen molar-refractivity contribution in [3.8, 4) is 11.8 Å². The second-order valence-electron chi connectivity index (χ2n) is 6.37. The lowest BCUT2D eigenvalue weighted by molar-refractivity contribution is 0.276. The Balaban J connectivity index is 2.66. The van der Waals surface area contributed by atoms with Gasteiger partial charge in [-0.05, 0) is 31.8 Å². The standard InChI is InChI=1S/C17H24OSi/c1-15(18-19(4,5)6)17(2,3)14-10-13-16-11-8-7-9-12-16/h7-9,11-12H,1,14H2,2-6H3. The van der Waals surface area contributed by atoms with E-state index in [1.807, 2.05) is 30.3 Å². The lowest BCUT2D eigenvalue weighted by Gasteiger charge is -2.31. The Morgan fingerprint density at radius 1 is 1.21 bits per heavy atom. The van der Waals surface area contributed by atoms with Crippen LogP contribution in [0.25, 0.3) is 0 Å². The van der Waals surface area contributed by atoms with E-state index in [9.17, 15) is 0 Å². The summed E-state index contributed by atoms with van der Waals surface area (Å²) in [4.78, 5) is 0. The van der Waals surface area contributed by atoms with Crippen LogP contribution in [0.1, 0.15) is 25.8 Å². The SMILES string of the molecule is C=C(O[Si](C)(C)C)C(C)(C)CC#Cc1ccccc1. The highest BCUT2D eigenvalue weighted by atomic mass is 28.4. The van der Waals surface area contributed by atoms with Crippen LogP contribution in [0.3, 0.4) is 0 Å². The minimum Gasteiger partial charge on any atom is -0.547 e. The van der Waals surface area contributed by atoms with E-state index >= 15 is 0 Å². The number of hydrogen-bond acceptors (Lipinski definition) is 1. The van der Waals surface area contributed by atoms with Gasteiger partial charge in [-0.25, -0.2) is 0 Å². The summed E-state index contributed by atoms with van der Waals surface area (Å²) in [6.45, 7) is 14.9. The van der Waals surface area contributed by atoms with Crippen LogP contribution in [0.2, 0.25) is 19.6 Å². The van der Waals surface area contributed by atoms with Crippen molar-refractivity contribution in [2.75, 3.05) is 0 Å². The maximum Gasteiger partial charge on any atom is 0.241 e. The molecule has 0 unspecified atom stereocenters. The van der Waals surface area contributed by atoms with Crippen molar-refractivity contribution in [3.63, 3.8) is 0 Å². The van der Waals surface area contributed by atoms with E-state index < -0.39 is 8.32 Å². The number of hydrogen-bond donors (Lipinski definition) is 0. The molecule has 0 amide bonds. The van der Waals surface area contributed by atoms with E-state index in [-0.39, 0.29) is 5.41 Å². The van der Waals surface area contributed by atoms with Gasteiger partial charge in [-0.2, -0.15) is 0 Å². The van der Waals surface area contributed by atoms with Crippen LogP contribution < -0.4 is 0 Å². The molecule has 0 saturated carbocycles. The Morgan fingerprint density at radius 2 is 1.79 bits per heavy atom. The lowest BCUT2D eigenvalue weighted by atomic mass is 9.88. The zero-order valence-electron chi connectivity index (χ0n) is 12.7. The van der Waals surface area contributed by atoms with E-state index in [1.54, 1.807) is 0 Å². The second kappa shape index (κ2) is 6.12. The van der Waals surface area contributed by atoms with Crippen molar-refractivity contribution in [2.24, 2.45) is 5.41 Å². The molecule has 0 atom stereocenters. The lowest BCUT2D eigenvalue weighted by Crippen LogP contribution is -2.29.